The van der Waals surface area contributed by atoms with Crippen molar-refractivity contribution in [3.63, 3.8) is 0 Å². The number of nitrogens with one attached hydrogen (secondary N) is 2. The van der Waals surface area contributed by atoms with E-state index in [-0.39, 0.29) is 5.91 Å². The molecule has 4 rings (SSSR count). The summed E-state index contributed by atoms with van der Waals surface area (Å²) < 4.78 is 13.6. The summed E-state index contributed by atoms with van der Waals surface area (Å²) >= 11 is 1.31. The first-order valence-corrected chi connectivity index (χ1v) is 10.3. The van der Waals surface area contributed by atoms with E-state index in [1.54, 1.807) is 30.5 Å². The third-order valence-corrected chi connectivity index (χ3v) is 6.13. The number of allylic oxidation sites excluding steroid dienone is 1. The van der Waals surface area contributed by atoms with Crippen molar-refractivity contribution in [1.82, 2.24) is 25.2 Å². The van der Waals surface area contributed by atoms with Gasteiger partial charge in [0.1, 0.15) is 16.1 Å². The first-order chi connectivity index (χ1) is 14.1. The minimum absolute atomic E-state index is 0.153. The lowest BCUT2D eigenvalue weighted by Gasteiger charge is -2.28. The summed E-state index contributed by atoms with van der Waals surface area (Å²) in [6, 6.07) is 0. The van der Waals surface area contributed by atoms with E-state index in [9.17, 15) is 9.18 Å². The number of rotatable bonds is 5. The van der Waals surface area contributed by atoms with Gasteiger partial charge in [0.05, 0.1) is 17.9 Å². The van der Waals surface area contributed by atoms with E-state index in [4.69, 9.17) is 5.41 Å². The Balaban J connectivity index is 1.55. The van der Waals surface area contributed by atoms with Gasteiger partial charge in [0, 0.05) is 56.9 Å². The normalized spacial score (nSPS) is 19.9. The van der Waals surface area contributed by atoms with Gasteiger partial charge >= 0.3 is 0 Å². The molecule has 0 aliphatic carbocycles. The van der Waals surface area contributed by atoms with Crippen LogP contribution < -0.4 is 10.2 Å². The van der Waals surface area contributed by atoms with Crippen LogP contribution in [0.2, 0.25) is 0 Å². The molecule has 1 fully saturated rings. The maximum atomic E-state index is 13.6. The van der Waals surface area contributed by atoms with Crippen molar-refractivity contribution in [2.75, 3.05) is 31.6 Å². The summed E-state index contributed by atoms with van der Waals surface area (Å²) in [5.74, 6) is 0.368. The first kappa shape index (κ1) is 19.4. The molecule has 29 heavy (non-hydrogen) atoms. The Morgan fingerprint density at radius 2 is 2.17 bits per heavy atom. The maximum absolute atomic E-state index is 13.6. The van der Waals surface area contributed by atoms with Gasteiger partial charge in [0.25, 0.3) is 5.91 Å². The topological polar surface area (TPSA) is 98.1 Å². The molecule has 1 atom stereocenters. The fourth-order valence-corrected chi connectivity index (χ4v) is 4.58. The van der Waals surface area contributed by atoms with Crippen LogP contribution in [0, 0.1) is 5.41 Å². The van der Waals surface area contributed by atoms with Gasteiger partial charge in [0.2, 0.25) is 5.95 Å². The third-order valence-electron chi connectivity index (χ3n) is 4.99. The van der Waals surface area contributed by atoms with Gasteiger partial charge in [0.15, 0.2) is 0 Å². The number of carbonyl (C=O) groups excluding carboxylic acids is 1. The van der Waals surface area contributed by atoms with Crippen molar-refractivity contribution in [3.05, 3.63) is 34.9 Å². The fourth-order valence-electron chi connectivity index (χ4n) is 3.55. The molecule has 0 unspecified atom stereocenters. The molecule has 8 nitrogen and oxygen atoms in total. The van der Waals surface area contributed by atoms with E-state index >= 15 is 0 Å². The molecule has 152 valence electrons. The number of amides is 1. The smallest absolute Gasteiger partial charge is 0.270 e. The van der Waals surface area contributed by atoms with E-state index in [2.05, 4.69) is 20.3 Å². The molecule has 10 heteroatoms. The maximum Gasteiger partial charge on any atom is 0.270 e. The summed E-state index contributed by atoms with van der Waals surface area (Å²) in [6.45, 7) is 1.56. The lowest BCUT2D eigenvalue weighted by molar-refractivity contribution is 0.0804. The van der Waals surface area contributed by atoms with Gasteiger partial charge in [-0.1, -0.05) is 0 Å². The van der Waals surface area contributed by atoms with Crippen LogP contribution in [0.15, 0.2) is 24.3 Å². The van der Waals surface area contributed by atoms with Crippen LogP contribution in [0.3, 0.4) is 0 Å². The number of halogens is 1. The molecule has 0 radical (unpaired) electrons. The molecule has 1 saturated heterocycles. The zero-order valence-corrected chi connectivity index (χ0v) is 16.9. The average Bonchev–Trinajstić information content (AvgIpc) is 3.18. The van der Waals surface area contributed by atoms with Crippen LogP contribution >= 0.6 is 11.3 Å². The van der Waals surface area contributed by atoms with E-state index in [1.807, 2.05) is 4.90 Å². The van der Waals surface area contributed by atoms with Crippen molar-refractivity contribution < 1.29 is 9.18 Å². The fraction of sp³-hybridized carbons (Fsp3) is 0.421. The number of aromatic nitrogens is 3. The standard InChI is InChI=1S/C19H22FN7OS/c1-22-10-14(7-21)27-6-4-15-16(18(27)28)29-17(25-15)12-8-23-19(24-9-12)26-5-2-3-13(20)11-26/h7-10,13,21-22H,2-6,11H2,1H3/b14-10+,21-7?/t13-/m0/s1. The van der Waals surface area contributed by atoms with Crippen LogP contribution in [-0.2, 0) is 6.42 Å². The second kappa shape index (κ2) is 8.24. The highest BCUT2D eigenvalue weighted by molar-refractivity contribution is 7.17. The van der Waals surface area contributed by atoms with Gasteiger partial charge in [-0.2, -0.15) is 0 Å². The second-order valence-electron chi connectivity index (χ2n) is 6.96. The van der Waals surface area contributed by atoms with Crippen molar-refractivity contribution in [2.45, 2.75) is 25.4 Å². The number of fused-ring (bicyclic) bond motifs is 1. The molecule has 2 aliphatic heterocycles. The Morgan fingerprint density at radius 1 is 1.38 bits per heavy atom. The second-order valence-corrected chi connectivity index (χ2v) is 7.96. The Hall–Kier alpha value is -2.88. The molecule has 2 aromatic heterocycles. The van der Waals surface area contributed by atoms with Crippen molar-refractivity contribution in [1.29, 1.82) is 5.41 Å². The van der Waals surface area contributed by atoms with Crippen molar-refractivity contribution in [3.8, 4) is 10.6 Å². The first-order valence-electron chi connectivity index (χ1n) is 9.51. The number of carbonyl (C=O) groups is 1. The predicted molar refractivity (Wildman–Crippen MR) is 110 cm³/mol. The predicted octanol–water partition coefficient (Wildman–Crippen LogP) is 2.25. The molecular formula is C19H22FN7OS. The zero-order chi connectivity index (χ0) is 20.4. The van der Waals surface area contributed by atoms with Gasteiger partial charge in [-0.05, 0) is 12.8 Å². The summed E-state index contributed by atoms with van der Waals surface area (Å²) in [7, 11) is 1.73. The Morgan fingerprint density at radius 3 is 2.86 bits per heavy atom. The van der Waals surface area contributed by atoms with Crippen molar-refractivity contribution in [2.24, 2.45) is 0 Å². The molecule has 1 amide bonds. The number of nitrogens with zero attached hydrogens (tertiary/aromatic N) is 5. The average molecular weight is 415 g/mol. The lowest BCUT2D eigenvalue weighted by Crippen LogP contribution is -2.37. The number of hydrogen-bond donors (Lipinski definition) is 2. The third kappa shape index (κ3) is 3.84. The number of piperidine rings is 1. The number of hydrogen-bond acceptors (Lipinski definition) is 8. The highest BCUT2D eigenvalue weighted by atomic mass is 32.1. The SMILES string of the molecule is CN/C=C(\C=N)N1CCc2nc(-c3cnc(N4CCC[C@H](F)C4)nc3)sc2C1=O. The number of thiazole rings is 1. The molecule has 2 N–H and O–H groups in total. The molecule has 2 aromatic rings. The Kier molecular flexibility index (Phi) is 5.52. The van der Waals surface area contributed by atoms with E-state index < -0.39 is 6.17 Å². The zero-order valence-electron chi connectivity index (χ0n) is 16.1. The van der Waals surface area contributed by atoms with Gasteiger partial charge in [-0.25, -0.2) is 19.3 Å². The quantitative estimate of drug-likeness (QED) is 0.727. The molecule has 4 heterocycles. The van der Waals surface area contributed by atoms with Crippen LogP contribution in [0.25, 0.3) is 10.6 Å². The molecule has 0 spiro atoms. The van der Waals surface area contributed by atoms with Gasteiger partial charge < -0.3 is 20.5 Å². The Labute approximate surface area is 172 Å². The summed E-state index contributed by atoms with van der Waals surface area (Å²) in [4.78, 5) is 30.3. The number of alkyl halides is 1. The summed E-state index contributed by atoms with van der Waals surface area (Å²) in [5, 5.41) is 11.1. The van der Waals surface area contributed by atoms with Crippen LogP contribution in [0.5, 0.6) is 0 Å². The van der Waals surface area contributed by atoms with Gasteiger partial charge in [-0.15, -0.1) is 11.3 Å². The molecule has 0 aromatic carbocycles. The van der Waals surface area contributed by atoms with Crippen LogP contribution in [0.4, 0.5) is 10.3 Å². The monoisotopic (exact) mass is 415 g/mol. The molecule has 2 aliphatic rings. The largest absolute Gasteiger partial charge is 0.392 e. The van der Waals surface area contributed by atoms with Crippen LogP contribution in [0.1, 0.15) is 28.2 Å². The summed E-state index contributed by atoms with van der Waals surface area (Å²) in [6.07, 6.45) is 7.33. The van der Waals surface area contributed by atoms with Gasteiger partial charge in [-0.3, -0.25) is 4.79 Å². The lowest BCUT2D eigenvalue weighted by atomic mass is 10.1. The highest BCUT2D eigenvalue weighted by Gasteiger charge is 2.30. The molecule has 0 saturated carbocycles. The molecule has 0 bridgehead atoms. The minimum atomic E-state index is -0.838. The molecular weight excluding hydrogens is 393 g/mol. The van der Waals surface area contributed by atoms with E-state index in [0.29, 0.717) is 47.5 Å². The minimum Gasteiger partial charge on any atom is -0.392 e. The Bertz CT molecular complexity index is 943. The highest BCUT2D eigenvalue weighted by Crippen LogP contribution is 2.32. The van der Waals surface area contributed by atoms with Crippen molar-refractivity contribution >= 4 is 29.4 Å². The van der Waals surface area contributed by atoms with E-state index in [0.717, 1.165) is 30.4 Å². The number of anilines is 1. The summed E-state index contributed by atoms with van der Waals surface area (Å²) in [5.41, 5.74) is 2.01. The van der Waals surface area contributed by atoms with E-state index in [1.165, 1.54) is 11.3 Å². The van der Waals surface area contributed by atoms with Crippen LogP contribution in [-0.4, -0.2) is 64.8 Å².